The Morgan fingerprint density at radius 2 is 1.81 bits per heavy atom. The van der Waals surface area contributed by atoms with Gasteiger partial charge in [-0.2, -0.15) is 0 Å². The van der Waals surface area contributed by atoms with Gasteiger partial charge in [-0.1, -0.05) is 43.3 Å². The average Bonchev–Trinajstić information content (AvgIpc) is 3.30. The van der Waals surface area contributed by atoms with E-state index in [-0.39, 0.29) is 11.2 Å². The number of aryl methyl sites for hydroxylation is 1. The highest BCUT2D eigenvalue weighted by Crippen LogP contribution is 2.30. The molecule has 1 fully saturated rings. The summed E-state index contributed by atoms with van der Waals surface area (Å²) < 4.78 is 2.08. The van der Waals surface area contributed by atoms with Crippen LogP contribution in [0, 0.1) is 12.8 Å². The van der Waals surface area contributed by atoms with Crippen LogP contribution in [-0.4, -0.2) is 45.6 Å². The van der Waals surface area contributed by atoms with Crippen LogP contribution >= 0.6 is 11.8 Å². The van der Waals surface area contributed by atoms with E-state index in [0.29, 0.717) is 12.5 Å². The van der Waals surface area contributed by atoms with Crippen molar-refractivity contribution in [2.45, 2.75) is 50.9 Å². The zero-order chi connectivity index (χ0) is 19.4. The van der Waals surface area contributed by atoms with Crippen molar-refractivity contribution in [3.63, 3.8) is 0 Å². The van der Waals surface area contributed by atoms with E-state index in [1.165, 1.54) is 30.2 Å². The number of rotatable bonds is 7. The molecule has 6 nitrogen and oxygen atoms in total. The summed E-state index contributed by atoms with van der Waals surface area (Å²) in [5.41, 5.74) is 2.25. The van der Waals surface area contributed by atoms with E-state index in [4.69, 9.17) is 0 Å². The molecule has 1 atom stereocenters. The molecule has 27 heavy (non-hydrogen) atoms. The minimum Gasteiger partial charge on any atom is -0.355 e. The van der Waals surface area contributed by atoms with Gasteiger partial charge in [0.1, 0.15) is 0 Å². The van der Waals surface area contributed by atoms with E-state index in [2.05, 4.69) is 70.0 Å². The van der Waals surface area contributed by atoms with Gasteiger partial charge in [-0.05, 0) is 44.7 Å². The Morgan fingerprint density at radius 1 is 1.15 bits per heavy atom. The molecule has 0 bridgehead atoms. The van der Waals surface area contributed by atoms with Gasteiger partial charge in [0, 0.05) is 19.6 Å². The van der Waals surface area contributed by atoms with Gasteiger partial charge in [-0.15, -0.1) is 10.2 Å². The normalized spacial score (nSPS) is 15.4. The molecule has 1 aromatic carbocycles. The summed E-state index contributed by atoms with van der Waals surface area (Å²) in [5.74, 6) is 1.34. The average molecular weight is 388 g/mol. The Morgan fingerprint density at radius 3 is 2.44 bits per heavy atom. The predicted octanol–water partition coefficient (Wildman–Crippen LogP) is 3.43. The Balaban J connectivity index is 1.86. The molecule has 1 aromatic heterocycles. The molecule has 1 amide bonds. The Bertz CT molecular complexity index is 765. The van der Waals surface area contributed by atoms with Crippen molar-refractivity contribution in [2.24, 2.45) is 5.92 Å². The Hall–Kier alpha value is -2.02. The minimum absolute atomic E-state index is 0.0369. The van der Waals surface area contributed by atoms with Crippen LogP contribution in [0.4, 0.5) is 5.95 Å². The highest BCUT2D eigenvalue weighted by Gasteiger charge is 2.25. The van der Waals surface area contributed by atoms with E-state index in [1.807, 2.05) is 6.92 Å². The molecule has 0 spiro atoms. The van der Waals surface area contributed by atoms with Gasteiger partial charge in [0.25, 0.3) is 0 Å². The number of aromatic nitrogens is 3. The second kappa shape index (κ2) is 8.78. The molecule has 146 valence electrons. The lowest BCUT2D eigenvalue weighted by atomic mass is 10.2. The monoisotopic (exact) mass is 387 g/mol. The Labute approximate surface area is 165 Å². The summed E-state index contributed by atoms with van der Waals surface area (Å²) >= 11 is 1.46. The first-order chi connectivity index (χ1) is 13.0. The number of hydrogen-bond donors (Lipinski definition) is 1. The van der Waals surface area contributed by atoms with E-state index in [1.54, 1.807) is 0 Å². The molecule has 1 aliphatic heterocycles. The number of hydrogen-bond acceptors (Lipinski definition) is 5. The maximum atomic E-state index is 12.4. The summed E-state index contributed by atoms with van der Waals surface area (Å²) in [6.07, 6.45) is 2.36. The molecule has 7 heteroatoms. The third-order valence-corrected chi connectivity index (χ3v) is 5.68. The second-order valence-corrected chi connectivity index (χ2v) is 8.85. The third kappa shape index (κ3) is 4.83. The number of anilines is 1. The fourth-order valence-corrected chi connectivity index (χ4v) is 3.93. The molecule has 0 radical (unpaired) electrons. The summed E-state index contributed by atoms with van der Waals surface area (Å²) in [5, 5.41) is 12.4. The number of amides is 1. The van der Waals surface area contributed by atoms with Crippen molar-refractivity contribution in [1.82, 2.24) is 20.1 Å². The van der Waals surface area contributed by atoms with Crippen LogP contribution in [-0.2, 0) is 4.79 Å². The molecular formula is C20H29N5OS. The zero-order valence-corrected chi connectivity index (χ0v) is 17.4. The molecular weight excluding hydrogens is 358 g/mol. The maximum Gasteiger partial charge on any atom is 0.233 e. The van der Waals surface area contributed by atoms with Crippen LogP contribution in [0.15, 0.2) is 29.4 Å². The smallest absolute Gasteiger partial charge is 0.233 e. The molecule has 0 unspecified atom stereocenters. The lowest BCUT2D eigenvalue weighted by molar-refractivity contribution is -0.120. The van der Waals surface area contributed by atoms with Crippen LogP contribution in [0.5, 0.6) is 0 Å². The van der Waals surface area contributed by atoms with Crippen molar-refractivity contribution >= 4 is 23.6 Å². The minimum atomic E-state index is -0.233. The summed E-state index contributed by atoms with van der Waals surface area (Å²) in [4.78, 5) is 14.7. The molecule has 3 rings (SSSR count). The van der Waals surface area contributed by atoms with Crippen molar-refractivity contribution in [2.75, 3.05) is 24.5 Å². The van der Waals surface area contributed by atoms with Gasteiger partial charge in [0.2, 0.25) is 11.9 Å². The molecule has 1 N–H and O–H groups in total. The van der Waals surface area contributed by atoms with E-state index in [0.717, 1.165) is 29.9 Å². The van der Waals surface area contributed by atoms with Gasteiger partial charge in [-0.3, -0.25) is 9.36 Å². The first kappa shape index (κ1) is 19.7. The van der Waals surface area contributed by atoms with Crippen LogP contribution < -0.4 is 10.2 Å². The molecule has 1 saturated heterocycles. The second-order valence-electron chi connectivity index (χ2n) is 7.55. The van der Waals surface area contributed by atoms with E-state index < -0.39 is 0 Å². The van der Waals surface area contributed by atoms with Gasteiger partial charge in [0.05, 0.1) is 10.9 Å². The number of benzene rings is 1. The van der Waals surface area contributed by atoms with Gasteiger partial charge in [0.15, 0.2) is 5.16 Å². The molecule has 0 aliphatic carbocycles. The number of nitrogens with zero attached hydrogens (tertiary/aromatic N) is 4. The van der Waals surface area contributed by atoms with Crippen LogP contribution in [0.1, 0.15) is 39.2 Å². The first-order valence-corrected chi connectivity index (χ1v) is 10.6. The summed E-state index contributed by atoms with van der Waals surface area (Å²) in [6, 6.07) is 8.37. The summed E-state index contributed by atoms with van der Waals surface area (Å²) in [6.45, 7) is 10.9. The number of carbonyl (C=O) groups excluding carboxylic acids is 1. The van der Waals surface area contributed by atoms with Gasteiger partial charge >= 0.3 is 0 Å². The number of carbonyl (C=O) groups is 1. The fourth-order valence-electron chi connectivity index (χ4n) is 3.04. The van der Waals surface area contributed by atoms with E-state index >= 15 is 0 Å². The van der Waals surface area contributed by atoms with Gasteiger partial charge < -0.3 is 10.2 Å². The number of thioether (sulfide) groups is 1. The topological polar surface area (TPSA) is 63.1 Å². The standard InChI is InChI=1S/C20H29N5OS/c1-14(2)13-21-18(26)16(4)27-20-23-22-19(24-11-5-6-12-24)25(20)17-9-7-15(3)8-10-17/h7-10,14,16H,5-6,11-13H2,1-4H3,(H,21,26)/t16-/m0/s1. The lowest BCUT2D eigenvalue weighted by Gasteiger charge is -2.19. The maximum absolute atomic E-state index is 12.4. The van der Waals surface area contributed by atoms with E-state index in [9.17, 15) is 4.79 Å². The zero-order valence-electron chi connectivity index (χ0n) is 16.6. The van der Waals surface area contributed by atoms with Crippen molar-refractivity contribution in [3.8, 4) is 5.69 Å². The van der Waals surface area contributed by atoms with Gasteiger partial charge in [-0.25, -0.2) is 0 Å². The van der Waals surface area contributed by atoms with Crippen LogP contribution in [0.25, 0.3) is 5.69 Å². The van der Waals surface area contributed by atoms with Crippen molar-refractivity contribution in [1.29, 1.82) is 0 Å². The molecule has 2 heterocycles. The SMILES string of the molecule is Cc1ccc(-n2c(S[C@@H](C)C(=O)NCC(C)C)nnc2N2CCCC2)cc1. The third-order valence-electron chi connectivity index (χ3n) is 4.63. The predicted molar refractivity (Wildman–Crippen MR) is 111 cm³/mol. The molecule has 2 aromatic rings. The van der Waals surface area contributed by atoms with Crippen molar-refractivity contribution < 1.29 is 4.79 Å². The quantitative estimate of drug-likeness (QED) is 0.738. The highest BCUT2D eigenvalue weighted by atomic mass is 32.2. The van der Waals surface area contributed by atoms with Crippen LogP contribution in [0.2, 0.25) is 0 Å². The molecule has 1 aliphatic rings. The molecule has 0 saturated carbocycles. The lowest BCUT2D eigenvalue weighted by Crippen LogP contribution is -2.33. The number of nitrogens with one attached hydrogen (secondary N) is 1. The van der Waals surface area contributed by atoms with Crippen LogP contribution in [0.3, 0.4) is 0 Å². The Kier molecular flexibility index (Phi) is 6.42. The van der Waals surface area contributed by atoms with Crippen molar-refractivity contribution in [3.05, 3.63) is 29.8 Å². The summed E-state index contributed by atoms with van der Waals surface area (Å²) in [7, 11) is 0. The first-order valence-electron chi connectivity index (χ1n) is 9.67. The highest BCUT2D eigenvalue weighted by molar-refractivity contribution is 8.00. The fraction of sp³-hybridized carbons (Fsp3) is 0.550. The largest absolute Gasteiger partial charge is 0.355 e.